The van der Waals surface area contributed by atoms with Crippen molar-refractivity contribution in [2.75, 3.05) is 13.2 Å². The number of sulfonamides is 1. The Balaban J connectivity index is 2.06. The molecule has 0 bridgehead atoms. The molecule has 0 unspecified atom stereocenters. The van der Waals surface area contributed by atoms with Crippen molar-refractivity contribution in [3.8, 4) is 0 Å². The molecule has 0 aliphatic heterocycles. The first-order valence-electron chi connectivity index (χ1n) is 7.96. The molecule has 1 aromatic carbocycles. The summed E-state index contributed by atoms with van der Waals surface area (Å²) in [5, 5.41) is 8.82. The first kappa shape index (κ1) is 20.1. The molecular formula is C16H16ClF3N2O4S. The summed E-state index contributed by atoms with van der Waals surface area (Å²) in [7, 11) is -4.32. The molecule has 0 amide bonds. The highest BCUT2D eigenvalue weighted by Gasteiger charge is 2.58. The van der Waals surface area contributed by atoms with Crippen LogP contribution in [0.4, 0.5) is 13.2 Å². The van der Waals surface area contributed by atoms with Gasteiger partial charge in [0, 0.05) is 6.54 Å². The third kappa shape index (κ3) is 3.58. The lowest BCUT2D eigenvalue weighted by atomic mass is 10.2. The van der Waals surface area contributed by atoms with Crippen molar-refractivity contribution in [1.82, 2.24) is 9.29 Å². The minimum atomic E-state index is -4.65. The van der Waals surface area contributed by atoms with Crippen molar-refractivity contribution >= 4 is 21.6 Å². The van der Waals surface area contributed by atoms with Gasteiger partial charge in [0.1, 0.15) is 16.2 Å². The molecule has 2 aromatic rings. The van der Waals surface area contributed by atoms with Crippen LogP contribution in [0.2, 0.25) is 5.02 Å². The van der Waals surface area contributed by atoms with Crippen LogP contribution >= 0.6 is 11.6 Å². The van der Waals surface area contributed by atoms with E-state index in [0.717, 1.165) is 10.4 Å². The van der Waals surface area contributed by atoms with Gasteiger partial charge < -0.3 is 9.52 Å². The van der Waals surface area contributed by atoms with E-state index in [9.17, 15) is 26.7 Å². The molecule has 1 saturated carbocycles. The lowest BCUT2D eigenvalue weighted by molar-refractivity contribution is -0.137. The Kier molecular flexibility index (Phi) is 5.04. The number of oxazole rings is 1. The number of aryl methyl sites for hydroxylation is 1. The normalized spacial score (nSPS) is 16.7. The van der Waals surface area contributed by atoms with Crippen LogP contribution in [0.25, 0.3) is 0 Å². The lowest BCUT2D eigenvalue weighted by Crippen LogP contribution is -2.42. The summed E-state index contributed by atoms with van der Waals surface area (Å²) in [6.45, 7) is 0.893. The van der Waals surface area contributed by atoms with Crippen LogP contribution in [0.3, 0.4) is 0 Å². The number of hydrogen-bond donors (Lipinski definition) is 1. The Labute approximate surface area is 158 Å². The monoisotopic (exact) mass is 424 g/mol. The van der Waals surface area contributed by atoms with E-state index in [0.29, 0.717) is 30.7 Å². The number of rotatable bonds is 6. The van der Waals surface area contributed by atoms with E-state index in [4.69, 9.17) is 16.0 Å². The number of halogens is 4. The zero-order valence-corrected chi connectivity index (χ0v) is 15.7. The van der Waals surface area contributed by atoms with E-state index in [1.165, 1.54) is 6.20 Å². The summed E-state index contributed by atoms with van der Waals surface area (Å²) in [4.78, 5) is 3.62. The van der Waals surface area contributed by atoms with Crippen LogP contribution in [-0.2, 0) is 21.7 Å². The van der Waals surface area contributed by atoms with Crippen LogP contribution in [0.1, 0.15) is 30.1 Å². The van der Waals surface area contributed by atoms with Gasteiger partial charge in [0.2, 0.25) is 15.9 Å². The Morgan fingerprint density at radius 2 is 2.04 bits per heavy atom. The van der Waals surface area contributed by atoms with Gasteiger partial charge >= 0.3 is 6.18 Å². The topological polar surface area (TPSA) is 83.6 Å². The van der Waals surface area contributed by atoms with E-state index in [2.05, 4.69) is 4.98 Å². The highest BCUT2D eigenvalue weighted by atomic mass is 35.5. The van der Waals surface area contributed by atoms with E-state index in [1.54, 1.807) is 6.92 Å². The van der Waals surface area contributed by atoms with Gasteiger partial charge in [-0.05, 0) is 38.0 Å². The summed E-state index contributed by atoms with van der Waals surface area (Å²) < 4.78 is 71.3. The number of nitrogens with zero attached hydrogens (tertiary/aromatic N) is 2. The predicted octanol–water partition coefficient (Wildman–Crippen LogP) is 3.33. The van der Waals surface area contributed by atoms with Gasteiger partial charge in [0.15, 0.2) is 0 Å². The van der Waals surface area contributed by atoms with Crippen LogP contribution < -0.4 is 0 Å². The van der Waals surface area contributed by atoms with Crippen LogP contribution in [0.15, 0.2) is 33.7 Å². The predicted molar refractivity (Wildman–Crippen MR) is 89.6 cm³/mol. The maximum Gasteiger partial charge on any atom is 0.416 e. The molecule has 1 heterocycles. The van der Waals surface area contributed by atoms with Crippen molar-refractivity contribution in [2.24, 2.45) is 0 Å². The van der Waals surface area contributed by atoms with Crippen molar-refractivity contribution in [3.63, 3.8) is 0 Å². The fourth-order valence-corrected chi connectivity index (χ4v) is 5.22. The average Bonchev–Trinajstić information content (AvgIpc) is 3.25. The molecule has 148 valence electrons. The standard InChI is InChI=1S/C16H16ClF3N2O4S/c1-10-9-21-14(26-10)15(4-5-15)22(6-7-23)27(24,25)13-3-2-11(8-12(13)17)16(18,19)20/h2-3,8-9,23H,4-7H2,1H3. The second-order valence-electron chi connectivity index (χ2n) is 6.25. The number of benzene rings is 1. The second kappa shape index (κ2) is 6.77. The van der Waals surface area contributed by atoms with E-state index < -0.39 is 43.8 Å². The number of hydrogen-bond acceptors (Lipinski definition) is 5. The van der Waals surface area contributed by atoms with E-state index in [1.807, 2.05) is 0 Å². The SMILES string of the molecule is Cc1cnc(C2(N(CCO)S(=O)(=O)c3ccc(C(F)(F)F)cc3Cl)CC2)o1. The molecule has 0 radical (unpaired) electrons. The van der Waals surface area contributed by atoms with Crippen LogP contribution in [0.5, 0.6) is 0 Å². The molecule has 27 heavy (non-hydrogen) atoms. The quantitative estimate of drug-likeness (QED) is 0.769. The Morgan fingerprint density at radius 3 is 2.48 bits per heavy atom. The van der Waals surface area contributed by atoms with Crippen molar-refractivity contribution in [3.05, 3.63) is 46.6 Å². The molecule has 0 spiro atoms. The van der Waals surface area contributed by atoms with Crippen LogP contribution in [-0.4, -0.2) is 36.0 Å². The number of aromatic nitrogens is 1. The average molecular weight is 425 g/mol. The Bertz CT molecular complexity index is 955. The molecule has 11 heteroatoms. The summed E-state index contributed by atoms with van der Waals surface area (Å²) in [5.41, 5.74) is -2.13. The summed E-state index contributed by atoms with van der Waals surface area (Å²) >= 11 is 5.88. The summed E-state index contributed by atoms with van der Waals surface area (Å²) in [6.07, 6.45) is -2.39. The van der Waals surface area contributed by atoms with Crippen molar-refractivity contribution in [2.45, 2.75) is 36.4 Å². The highest BCUT2D eigenvalue weighted by Crippen LogP contribution is 2.53. The minimum Gasteiger partial charge on any atom is -0.444 e. The maximum absolute atomic E-state index is 13.2. The van der Waals surface area contributed by atoms with Crippen molar-refractivity contribution in [1.29, 1.82) is 0 Å². The van der Waals surface area contributed by atoms with Gasteiger partial charge in [0.25, 0.3) is 0 Å². The van der Waals surface area contributed by atoms with Gasteiger partial charge in [0.05, 0.1) is 23.4 Å². The van der Waals surface area contributed by atoms with Gasteiger partial charge in [-0.15, -0.1) is 0 Å². The fourth-order valence-electron chi connectivity index (χ4n) is 2.92. The lowest BCUT2D eigenvalue weighted by Gasteiger charge is -2.28. The molecule has 1 fully saturated rings. The van der Waals surface area contributed by atoms with E-state index >= 15 is 0 Å². The Morgan fingerprint density at radius 1 is 1.37 bits per heavy atom. The van der Waals surface area contributed by atoms with Gasteiger partial charge in [-0.1, -0.05) is 11.6 Å². The van der Waals surface area contributed by atoms with Crippen molar-refractivity contribution < 1.29 is 31.1 Å². The fraction of sp³-hybridized carbons (Fsp3) is 0.438. The second-order valence-corrected chi connectivity index (χ2v) is 8.49. The molecule has 6 nitrogen and oxygen atoms in total. The first-order chi connectivity index (χ1) is 12.5. The minimum absolute atomic E-state index is 0.181. The van der Waals surface area contributed by atoms with E-state index in [-0.39, 0.29) is 12.4 Å². The largest absolute Gasteiger partial charge is 0.444 e. The first-order valence-corrected chi connectivity index (χ1v) is 9.77. The maximum atomic E-state index is 13.2. The molecule has 1 aliphatic rings. The van der Waals surface area contributed by atoms with Crippen LogP contribution in [0, 0.1) is 6.92 Å². The molecule has 0 atom stereocenters. The Hall–Kier alpha value is -1.62. The number of aliphatic hydroxyl groups excluding tert-OH is 1. The zero-order chi connectivity index (χ0) is 20.0. The number of aliphatic hydroxyl groups is 1. The third-order valence-corrected chi connectivity index (χ3v) is 6.80. The zero-order valence-electron chi connectivity index (χ0n) is 14.1. The van der Waals surface area contributed by atoms with Gasteiger partial charge in [-0.3, -0.25) is 0 Å². The summed E-state index contributed by atoms with van der Waals surface area (Å²) in [5.74, 6) is 0.672. The summed E-state index contributed by atoms with van der Waals surface area (Å²) in [6, 6.07) is 2.05. The molecular weight excluding hydrogens is 409 g/mol. The molecule has 1 N–H and O–H groups in total. The highest BCUT2D eigenvalue weighted by molar-refractivity contribution is 7.89. The third-order valence-electron chi connectivity index (χ3n) is 4.35. The van der Waals surface area contributed by atoms with Gasteiger partial charge in [-0.2, -0.15) is 17.5 Å². The number of alkyl halides is 3. The van der Waals surface area contributed by atoms with Gasteiger partial charge in [-0.25, -0.2) is 13.4 Å². The molecule has 0 saturated heterocycles. The molecule has 1 aromatic heterocycles. The molecule has 1 aliphatic carbocycles. The smallest absolute Gasteiger partial charge is 0.416 e. The molecule has 3 rings (SSSR count).